The summed E-state index contributed by atoms with van der Waals surface area (Å²) in [4.78, 5) is 6.04. The number of nitrogens with one attached hydrogen (secondary N) is 2. The Kier molecular flexibility index (Phi) is 6.23. The third-order valence-corrected chi connectivity index (χ3v) is 4.65. The highest BCUT2D eigenvalue weighted by Gasteiger charge is 2.04. The van der Waals surface area contributed by atoms with Gasteiger partial charge in [-0.1, -0.05) is 30.3 Å². The van der Waals surface area contributed by atoms with Crippen molar-refractivity contribution in [2.75, 3.05) is 6.54 Å². The van der Waals surface area contributed by atoms with E-state index in [1.165, 1.54) is 16.0 Å². The average Bonchev–Trinajstić information content (AvgIpc) is 3.32. The molecule has 2 aromatic heterocycles. The van der Waals surface area contributed by atoms with Gasteiger partial charge in [0, 0.05) is 23.8 Å². The molecule has 0 amide bonds. The lowest BCUT2D eigenvalue weighted by atomic mass is 10.1. The van der Waals surface area contributed by atoms with Crippen LogP contribution in [0.1, 0.15) is 22.9 Å². The van der Waals surface area contributed by atoms with Crippen molar-refractivity contribution >= 4 is 17.3 Å². The van der Waals surface area contributed by atoms with E-state index in [0.29, 0.717) is 6.54 Å². The van der Waals surface area contributed by atoms with Crippen LogP contribution in [0.15, 0.2) is 65.2 Å². The minimum atomic E-state index is 0.636. The molecule has 3 rings (SSSR count). The zero-order valence-electron chi connectivity index (χ0n) is 14.4. The average molecular weight is 353 g/mol. The van der Waals surface area contributed by atoms with Gasteiger partial charge in [0.15, 0.2) is 5.96 Å². The van der Waals surface area contributed by atoms with E-state index < -0.39 is 0 Å². The smallest absolute Gasteiger partial charge is 0.191 e. The molecule has 25 heavy (non-hydrogen) atoms. The summed E-state index contributed by atoms with van der Waals surface area (Å²) in [6, 6.07) is 14.5. The quantitative estimate of drug-likeness (QED) is 0.506. The Morgan fingerprint density at radius 3 is 2.72 bits per heavy atom. The standard InChI is InChI=1S/C19H23N5S/c1-2-20-19(22-14-18-9-5-12-25-18)21-13-16-7-3-4-8-17(16)15-24-11-6-10-23-24/h3-12H,2,13-15H2,1H3,(H2,20,21,22). The number of hydrogen-bond acceptors (Lipinski definition) is 3. The molecule has 0 atom stereocenters. The maximum atomic E-state index is 4.74. The predicted molar refractivity (Wildman–Crippen MR) is 104 cm³/mol. The Bertz CT molecular complexity index is 778. The lowest BCUT2D eigenvalue weighted by molar-refractivity contribution is 0.680. The second-order valence-corrected chi connectivity index (χ2v) is 6.63. The fourth-order valence-corrected chi connectivity index (χ4v) is 3.17. The Labute approximate surface area is 152 Å². The van der Waals surface area contributed by atoms with Gasteiger partial charge in [-0.05, 0) is 35.6 Å². The van der Waals surface area contributed by atoms with E-state index in [1.54, 1.807) is 17.5 Å². The topological polar surface area (TPSA) is 54.2 Å². The number of guanidine groups is 1. The van der Waals surface area contributed by atoms with Crippen LogP contribution in [0.25, 0.3) is 0 Å². The zero-order valence-corrected chi connectivity index (χ0v) is 15.2. The Morgan fingerprint density at radius 1 is 1.12 bits per heavy atom. The van der Waals surface area contributed by atoms with Crippen LogP contribution in [0.4, 0.5) is 0 Å². The molecule has 130 valence electrons. The Balaban J connectivity index is 1.67. The maximum absolute atomic E-state index is 4.74. The van der Waals surface area contributed by atoms with Gasteiger partial charge in [0.2, 0.25) is 0 Å². The molecule has 0 radical (unpaired) electrons. The molecule has 0 aliphatic heterocycles. The summed E-state index contributed by atoms with van der Waals surface area (Å²) in [6.45, 7) is 5.10. The number of rotatable bonds is 7. The van der Waals surface area contributed by atoms with Crippen LogP contribution in [0.3, 0.4) is 0 Å². The van der Waals surface area contributed by atoms with Crippen LogP contribution < -0.4 is 10.6 Å². The summed E-state index contributed by atoms with van der Waals surface area (Å²) >= 11 is 1.75. The second kappa shape index (κ2) is 9.03. The molecule has 0 saturated heterocycles. The molecular weight excluding hydrogens is 330 g/mol. The number of nitrogens with zero attached hydrogens (tertiary/aromatic N) is 3. The van der Waals surface area contributed by atoms with E-state index >= 15 is 0 Å². The van der Waals surface area contributed by atoms with Crippen LogP contribution in [0.5, 0.6) is 0 Å². The highest BCUT2D eigenvalue weighted by Crippen LogP contribution is 2.12. The molecule has 2 heterocycles. The number of aliphatic imine (C=N–C) groups is 1. The van der Waals surface area contributed by atoms with Crippen molar-refractivity contribution in [1.29, 1.82) is 0 Å². The molecule has 0 saturated carbocycles. The predicted octanol–water partition coefficient (Wildman–Crippen LogP) is 3.25. The molecule has 2 N–H and O–H groups in total. The summed E-state index contributed by atoms with van der Waals surface area (Å²) < 4.78 is 1.93. The van der Waals surface area contributed by atoms with Crippen LogP contribution >= 0.6 is 11.3 Å². The van der Waals surface area contributed by atoms with Gasteiger partial charge in [-0.25, -0.2) is 4.99 Å². The van der Waals surface area contributed by atoms with Gasteiger partial charge in [0.25, 0.3) is 0 Å². The van der Waals surface area contributed by atoms with Crippen molar-refractivity contribution in [3.8, 4) is 0 Å². The van der Waals surface area contributed by atoms with Gasteiger partial charge in [0.05, 0.1) is 19.6 Å². The van der Waals surface area contributed by atoms with Crippen LogP contribution in [-0.2, 0) is 19.6 Å². The van der Waals surface area contributed by atoms with Crippen LogP contribution in [0, 0.1) is 0 Å². The van der Waals surface area contributed by atoms with Gasteiger partial charge >= 0.3 is 0 Å². The van der Waals surface area contributed by atoms with E-state index in [1.807, 2.05) is 16.9 Å². The van der Waals surface area contributed by atoms with Gasteiger partial charge in [-0.2, -0.15) is 5.10 Å². The molecule has 6 heteroatoms. The third-order valence-electron chi connectivity index (χ3n) is 3.77. The van der Waals surface area contributed by atoms with Gasteiger partial charge in [0.1, 0.15) is 0 Å². The minimum absolute atomic E-state index is 0.636. The van der Waals surface area contributed by atoms with Crippen molar-refractivity contribution in [2.45, 2.75) is 26.6 Å². The monoisotopic (exact) mass is 353 g/mol. The molecule has 0 fully saturated rings. The normalized spacial score (nSPS) is 11.5. The molecule has 1 aromatic carbocycles. The highest BCUT2D eigenvalue weighted by atomic mass is 32.1. The van der Waals surface area contributed by atoms with E-state index in [9.17, 15) is 0 Å². The van der Waals surface area contributed by atoms with Gasteiger partial charge in [-0.3, -0.25) is 4.68 Å². The molecule has 0 unspecified atom stereocenters. The fraction of sp³-hybridized carbons (Fsp3) is 0.263. The fourth-order valence-electron chi connectivity index (χ4n) is 2.52. The Morgan fingerprint density at radius 2 is 2.00 bits per heavy atom. The van der Waals surface area contributed by atoms with Crippen molar-refractivity contribution in [3.05, 3.63) is 76.2 Å². The second-order valence-electron chi connectivity index (χ2n) is 5.60. The first-order chi connectivity index (χ1) is 12.3. The van der Waals surface area contributed by atoms with Crippen molar-refractivity contribution in [2.24, 2.45) is 4.99 Å². The molecule has 0 aliphatic carbocycles. The molecule has 3 aromatic rings. The molecule has 0 spiro atoms. The first-order valence-corrected chi connectivity index (χ1v) is 9.32. The first kappa shape index (κ1) is 17.2. The number of hydrogen-bond donors (Lipinski definition) is 2. The summed E-state index contributed by atoms with van der Waals surface area (Å²) in [5.41, 5.74) is 2.45. The Hall–Kier alpha value is -2.60. The summed E-state index contributed by atoms with van der Waals surface area (Å²) in [6.07, 6.45) is 3.78. The van der Waals surface area contributed by atoms with Gasteiger partial charge < -0.3 is 10.6 Å². The first-order valence-electron chi connectivity index (χ1n) is 8.44. The maximum Gasteiger partial charge on any atom is 0.191 e. The van der Waals surface area contributed by atoms with E-state index in [2.05, 4.69) is 64.4 Å². The summed E-state index contributed by atoms with van der Waals surface area (Å²) in [7, 11) is 0. The SMILES string of the molecule is CCNC(=NCc1ccccc1Cn1cccn1)NCc1cccs1. The number of thiophene rings is 1. The lowest BCUT2D eigenvalue weighted by Crippen LogP contribution is -2.36. The molecule has 0 aliphatic rings. The van der Waals surface area contributed by atoms with E-state index in [0.717, 1.165) is 25.6 Å². The van der Waals surface area contributed by atoms with Crippen molar-refractivity contribution < 1.29 is 0 Å². The minimum Gasteiger partial charge on any atom is -0.357 e. The summed E-state index contributed by atoms with van der Waals surface area (Å²) in [5.74, 6) is 0.838. The highest BCUT2D eigenvalue weighted by molar-refractivity contribution is 7.09. The lowest BCUT2D eigenvalue weighted by Gasteiger charge is -2.12. The number of aromatic nitrogens is 2. The third kappa shape index (κ3) is 5.19. The zero-order chi connectivity index (χ0) is 17.3. The van der Waals surface area contributed by atoms with Crippen molar-refractivity contribution in [3.63, 3.8) is 0 Å². The molecule has 5 nitrogen and oxygen atoms in total. The van der Waals surface area contributed by atoms with Gasteiger partial charge in [-0.15, -0.1) is 11.3 Å². The van der Waals surface area contributed by atoms with Crippen LogP contribution in [-0.4, -0.2) is 22.3 Å². The van der Waals surface area contributed by atoms with Crippen LogP contribution in [0.2, 0.25) is 0 Å². The van der Waals surface area contributed by atoms with E-state index in [-0.39, 0.29) is 0 Å². The largest absolute Gasteiger partial charge is 0.357 e. The van der Waals surface area contributed by atoms with E-state index in [4.69, 9.17) is 4.99 Å². The molecular formula is C19H23N5S. The molecule has 0 bridgehead atoms. The van der Waals surface area contributed by atoms with Crippen molar-refractivity contribution in [1.82, 2.24) is 20.4 Å². The number of benzene rings is 1. The summed E-state index contributed by atoms with van der Waals surface area (Å²) in [5, 5.41) is 13.1.